The Morgan fingerprint density at radius 1 is 1.25 bits per heavy atom. The highest BCUT2D eigenvalue weighted by Gasteiger charge is 2.17. The Morgan fingerprint density at radius 2 is 2.04 bits per heavy atom. The molecule has 0 fully saturated rings. The predicted molar refractivity (Wildman–Crippen MR) is 90.8 cm³/mol. The van der Waals surface area contributed by atoms with Crippen molar-refractivity contribution >= 4 is 17.5 Å². The van der Waals surface area contributed by atoms with Gasteiger partial charge in [-0.15, -0.1) is 0 Å². The Kier molecular flexibility index (Phi) is 5.23. The highest BCUT2D eigenvalue weighted by Crippen LogP contribution is 2.38. The van der Waals surface area contributed by atoms with E-state index in [1.807, 2.05) is 24.3 Å². The van der Waals surface area contributed by atoms with Crippen molar-refractivity contribution in [3.63, 3.8) is 0 Å². The second-order valence-electron chi connectivity index (χ2n) is 5.37. The Hall–Kier alpha value is -2.24. The molecule has 0 spiro atoms. The third-order valence-corrected chi connectivity index (χ3v) is 3.95. The molecule has 0 aromatic heterocycles. The molecule has 6 heteroatoms. The van der Waals surface area contributed by atoms with Crippen LogP contribution in [0.2, 0.25) is 5.02 Å². The summed E-state index contributed by atoms with van der Waals surface area (Å²) in [4.78, 5) is 12.4. The fraction of sp³-hybridized carbons (Fsp3) is 0.278. The lowest BCUT2D eigenvalue weighted by atomic mass is 10.1. The maximum Gasteiger partial charge on any atom is 0.251 e. The summed E-state index contributed by atoms with van der Waals surface area (Å²) in [6.45, 7) is 1.71. The first kappa shape index (κ1) is 16.6. The molecule has 2 aromatic rings. The zero-order valence-corrected chi connectivity index (χ0v) is 14.1. The molecule has 0 unspecified atom stereocenters. The van der Waals surface area contributed by atoms with Gasteiger partial charge in [0.2, 0.25) is 0 Å². The van der Waals surface area contributed by atoms with Crippen LogP contribution in [0, 0.1) is 0 Å². The first-order valence-electron chi connectivity index (χ1n) is 7.62. The molecule has 1 amide bonds. The normalized spacial score (nSPS) is 12.8. The Morgan fingerprint density at radius 3 is 2.88 bits per heavy atom. The zero-order chi connectivity index (χ0) is 16.9. The van der Waals surface area contributed by atoms with Crippen LogP contribution in [0.25, 0.3) is 0 Å². The van der Waals surface area contributed by atoms with Crippen LogP contribution in [0.5, 0.6) is 11.5 Å². The van der Waals surface area contributed by atoms with Gasteiger partial charge in [0.1, 0.15) is 13.2 Å². The largest absolute Gasteiger partial charge is 0.486 e. The third-order valence-electron chi connectivity index (χ3n) is 3.67. The summed E-state index contributed by atoms with van der Waals surface area (Å²) >= 11 is 6.21. The molecule has 1 aliphatic heterocycles. The molecule has 2 aromatic carbocycles. The van der Waals surface area contributed by atoms with Gasteiger partial charge in [0, 0.05) is 19.2 Å². The SMILES string of the molecule is COCc1ccccc1C(=O)NCc1cc(Cl)c2c(c1)OCCO2. The monoisotopic (exact) mass is 347 g/mol. The van der Waals surface area contributed by atoms with Gasteiger partial charge in [-0.3, -0.25) is 4.79 Å². The summed E-state index contributed by atoms with van der Waals surface area (Å²) < 4.78 is 16.2. The molecule has 0 saturated carbocycles. The van der Waals surface area contributed by atoms with Gasteiger partial charge in [-0.2, -0.15) is 0 Å². The van der Waals surface area contributed by atoms with Gasteiger partial charge in [0.15, 0.2) is 11.5 Å². The fourth-order valence-electron chi connectivity index (χ4n) is 2.57. The van der Waals surface area contributed by atoms with Gasteiger partial charge in [-0.05, 0) is 29.3 Å². The van der Waals surface area contributed by atoms with Crippen LogP contribution in [-0.2, 0) is 17.9 Å². The number of carbonyl (C=O) groups excluding carboxylic acids is 1. The van der Waals surface area contributed by atoms with Crippen LogP contribution in [0.15, 0.2) is 36.4 Å². The van der Waals surface area contributed by atoms with Gasteiger partial charge in [0.05, 0.1) is 11.6 Å². The third kappa shape index (κ3) is 3.63. The number of hydrogen-bond acceptors (Lipinski definition) is 4. The second-order valence-corrected chi connectivity index (χ2v) is 5.78. The van der Waals surface area contributed by atoms with Crippen molar-refractivity contribution in [2.75, 3.05) is 20.3 Å². The fourth-order valence-corrected chi connectivity index (χ4v) is 2.85. The summed E-state index contributed by atoms with van der Waals surface area (Å²) in [5.74, 6) is 1.01. The minimum atomic E-state index is -0.159. The second kappa shape index (κ2) is 7.55. The van der Waals surface area contributed by atoms with Crippen molar-refractivity contribution in [2.24, 2.45) is 0 Å². The van der Waals surface area contributed by atoms with Crippen molar-refractivity contribution in [1.29, 1.82) is 0 Å². The number of methoxy groups -OCH3 is 1. The van der Waals surface area contributed by atoms with Crippen molar-refractivity contribution in [3.05, 3.63) is 58.1 Å². The number of ether oxygens (including phenoxy) is 3. The van der Waals surface area contributed by atoms with Crippen molar-refractivity contribution in [2.45, 2.75) is 13.2 Å². The lowest BCUT2D eigenvalue weighted by Crippen LogP contribution is -2.24. The van der Waals surface area contributed by atoms with Gasteiger partial charge < -0.3 is 19.5 Å². The lowest BCUT2D eigenvalue weighted by molar-refractivity contribution is 0.0946. The van der Waals surface area contributed by atoms with E-state index in [9.17, 15) is 4.79 Å². The average Bonchev–Trinajstić information content (AvgIpc) is 2.60. The smallest absolute Gasteiger partial charge is 0.251 e. The molecule has 1 N–H and O–H groups in total. The Labute approximate surface area is 145 Å². The van der Waals surface area contributed by atoms with Gasteiger partial charge in [0.25, 0.3) is 5.91 Å². The first-order valence-corrected chi connectivity index (χ1v) is 8.00. The molecule has 126 valence electrons. The van der Waals surface area contributed by atoms with Gasteiger partial charge >= 0.3 is 0 Å². The quantitative estimate of drug-likeness (QED) is 0.902. The molecular formula is C18H18ClNO4. The number of rotatable bonds is 5. The standard InChI is InChI=1S/C18H18ClNO4/c1-22-11-13-4-2-3-5-14(13)18(21)20-10-12-8-15(19)17-16(9-12)23-6-7-24-17/h2-5,8-9H,6-7,10-11H2,1H3,(H,20,21). The van der Waals surface area contributed by atoms with E-state index in [0.717, 1.165) is 11.1 Å². The zero-order valence-electron chi connectivity index (χ0n) is 13.3. The highest BCUT2D eigenvalue weighted by molar-refractivity contribution is 6.32. The first-order chi connectivity index (χ1) is 11.7. The van der Waals surface area contributed by atoms with Crippen LogP contribution in [0.3, 0.4) is 0 Å². The topological polar surface area (TPSA) is 56.8 Å². The van der Waals surface area contributed by atoms with E-state index in [2.05, 4.69) is 5.32 Å². The van der Waals surface area contributed by atoms with Crippen LogP contribution in [0.4, 0.5) is 0 Å². The minimum Gasteiger partial charge on any atom is -0.486 e. The molecule has 0 atom stereocenters. The van der Waals surface area contributed by atoms with E-state index in [1.54, 1.807) is 19.2 Å². The Balaban J connectivity index is 1.72. The van der Waals surface area contributed by atoms with E-state index in [0.29, 0.717) is 48.5 Å². The number of fused-ring (bicyclic) bond motifs is 1. The molecule has 24 heavy (non-hydrogen) atoms. The van der Waals surface area contributed by atoms with E-state index in [-0.39, 0.29) is 5.91 Å². The highest BCUT2D eigenvalue weighted by atomic mass is 35.5. The minimum absolute atomic E-state index is 0.159. The predicted octanol–water partition coefficient (Wildman–Crippen LogP) is 3.19. The molecule has 1 aliphatic rings. The summed E-state index contributed by atoms with van der Waals surface area (Å²) in [6.07, 6.45) is 0. The number of benzene rings is 2. The molecule has 0 bridgehead atoms. The molecule has 0 aliphatic carbocycles. The van der Waals surface area contributed by atoms with Crippen LogP contribution < -0.4 is 14.8 Å². The number of amides is 1. The summed E-state index contributed by atoms with van der Waals surface area (Å²) in [5.41, 5.74) is 2.29. The van der Waals surface area contributed by atoms with Gasteiger partial charge in [-0.1, -0.05) is 29.8 Å². The Bertz CT molecular complexity index is 748. The number of halogens is 1. The number of hydrogen-bond donors (Lipinski definition) is 1. The van der Waals surface area contributed by atoms with E-state index in [1.165, 1.54) is 0 Å². The molecular weight excluding hydrogens is 330 g/mol. The summed E-state index contributed by atoms with van der Waals surface area (Å²) in [6, 6.07) is 11.0. The number of carbonyl (C=O) groups is 1. The maximum absolute atomic E-state index is 12.4. The summed E-state index contributed by atoms with van der Waals surface area (Å²) in [7, 11) is 1.60. The maximum atomic E-state index is 12.4. The van der Waals surface area contributed by atoms with Crippen LogP contribution >= 0.6 is 11.6 Å². The lowest BCUT2D eigenvalue weighted by Gasteiger charge is -2.20. The molecule has 0 radical (unpaired) electrons. The van der Waals surface area contributed by atoms with E-state index < -0.39 is 0 Å². The number of nitrogens with one attached hydrogen (secondary N) is 1. The molecule has 1 heterocycles. The van der Waals surface area contributed by atoms with Gasteiger partial charge in [-0.25, -0.2) is 0 Å². The summed E-state index contributed by atoms with van der Waals surface area (Å²) in [5, 5.41) is 3.38. The van der Waals surface area contributed by atoms with Crippen molar-refractivity contribution in [1.82, 2.24) is 5.32 Å². The molecule has 0 saturated heterocycles. The van der Waals surface area contributed by atoms with Crippen LogP contribution in [-0.4, -0.2) is 26.2 Å². The van der Waals surface area contributed by atoms with E-state index >= 15 is 0 Å². The van der Waals surface area contributed by atoms with Crippen molar-refractivity contribution in [3.8, 4) is 11.5 Å². The van der Waals surface area contributed by atoms with E-state index in [4.69, 9.17) is 25.8 Å². The average molecular weight is 348 g/mol. The van der Waals surface area contributed by atoms with Crippen LogP contribution in [0.1, 0.15) is 21.5 Å². The van der Waals surface area contributed by atoms with Crippen molar-refractivity contribution < 1.29 is 19.0 Å². The molecule has 3 rings (SSSR count). The molecule has 5 nitrogen and oxygen atoms in total.